The van der Waals surface area contributed by atoms with Crippen molar-refractivity contribution in [3.05, 3.63) is 35.3 Å². The minimum absolute atomic E-state index is 0.0459. The summed E-state index contributed by atoms with van der Waals surface area (Å²) in [5.74, 6) is -6.88. The van der Waals surface area contributed by atoms with E-state index in [1.165, 1.54) is 0 Å². The quantitative estimate of drug-likeness (QED) is 0.325. The molecule has 28 heavy (non-hydrogen) atoms. The molecule has 0 atom stereocenters. The molecule has 12 heteroatoms. The molecule has 0 radical (unpaired) electrons. The van der Waals surface area contributed by atoms with Gasteiger partial charge in [-0.2, -0.15) is 23.0 Å². The number of thioether (sulfide) groups is 1. The smallest absolute Gasteiger partial charge is 0.390 e. The molecule has 0 spiro atoms. The molecule has 0 amide bonds. The summed E-state index contributed by atoms with van der Waals surface area (Å²) in [5, 5.41) is 2.84. The minimum Gasteiger partial charge on any atom is -0.390 e. The maximum atomic E-state index is 13.7. The maximum absolute atomic E-state index is 13.7. The lowest BCUT2D eigenvalue weighted by Gasteiger charge is -2.08. The van der Waals surface area contributed by atoms with Gasteiger partial charge in [-0.15, -0.1) is 0 Å². The highest BCUT2D eigenvalue weighted by molar-refractivity contribution is 8.13. The molecule has 1 heterocycles. The highest BCUT2D eigenvalue weighted by atomic mass is 32.2. The van der Waals surface area contributed by atoms with E-state index >= 15 is 0 Å². The summed E-state index contributed by atoms with van der Waals surface area (Å²) in [5.41, 5.74) is 5.13. The van der Waals surface area contributed by atoms with Crippen LogP contribution in [0.5, 0.6) is 0 Å². The lowest BCUT2D eigenvalue weighted by Crippen LogP contribution is -2.16. The molecule has 0 saturated heterocycles. The van der Waals surface area contributed by atoms with Gasteiger partial charge in [-0.25, -0.2) is 18.2 Å². The number of nitrogens with zero attached hydrogens (tertiary/aromatic N) is 3. The third-order valence-corrected chi connectivity index (χ3v) is 4.33. The average Bonchev–Trinajstić information content (AvgIpc) is 2.96. The molecule has 0 unspecified atom stereocenters. The normalized spacial score (nSPS) is 12.3. The second kappa shape index (κ2) is 8.25. The summed E-state index contributed by atoms with van der Waals surface area (Å²) >= 11 is -0.0721. The molecule has 0 saturated carbocycles. The second-order valence-electron chi connectivity index (χ2n) is 5.85. The van der Waals surface area contributed by atoms with Gasteiger partial charge in [-0.05, 0) is 23.6 Å². The van der Waals surface area contributed by atoms with Gasteiger partial charge in [-0.3, -0.25) is 4.79 Å². The molecular weight excluding hydrogens is 410 g/mol. The lowest BCUT2D eigenvalue weighted by molar-refractivity contribution is -0.105. The largest absolute Gasteiger partial charge is 0.398 e. The molecule has 152 valence electrons. The van der Waals surface area contributed by atoms with Gasteiger partial charge in [0.15, 0.2) is 23.3 Å². The fraction of sp³-hybridized carbons (Fsp3) is 0.312. The number of benzene rings is 1. The number of carbonyl (C=O) groups excluding carboxylic acids is 1. The van der Waals surface area contributed by atoms with Gasteiger partial charge in [0, 0.05) is 0 Å². The predicted octanol–water partition coefficient (Wildman–Crippen LogP) is 4.97. The Morgan fingerprint density at radius 3 is 2.32 bits per heavy atom. The predicted molar refractivity (Wildman–Crippen MR) is 93.3 cm³/mol. The van der Waals surface area contributed by atoms with E-state index in [0.29, 0.717) is 16.8 Å². The average molecular weight is 424 g/mol. The van der Waals surface area contributed by atoms with E-state index < -0.39 is 40.5 Å². The van der Waals surface area contributed by atoms with Crippen LogP contribution in [0, 0.1) is 17.5 Å². The number of aromatic nitrogens is 2. The number of aliphatic imine (C=N–C) groups is 1. The number of carbonyl (C=O) groups is 1. The molecule has 2 aromatic rings. The number of alkyl halides is 3. The molecule has 5 nitrogen and oxygen atoms in total. The summed E-state index contributed by atoms with van der Waals surface area (Å²) in [6.07, 6.45) is -3.85. The zero-order valence-corrected chi connectivity index (χ0v) is 15.3. The van der Waals surface area contributed by atoms with Crippen LogP contribution in [0.25, 0.3) is 11.1 Å². The van der Waals surface area contributed by atoms with Gasteiger partial charge in [-0.1, -0.05) is 25.6 Å². The van der Waals surface area contributed by atoms with Crippen molar-refractivity contribution >= 4 is 29.2 Å². The molecule has 0 fully saturated rings. The lowest BCUT2D eigenvalue weighted by atomic mass is 9.99. The van der Waals surface area contributed by atoms with E-state index in [-0.39, 0.29) is 34.4 Å². The Balaban J connectivity index is 2.68. The van der Waals surface area contributed by atoms with Gasteiger partial charge in [0.2, 0.25) is 0 Å². The molecule has 2 N–H and O–H groups in total. The van der Waals surface area contributed by atoms with E-state index in [1.807, 2.05) is 0 Å². The zero-order chi connectivity index (χ0) is 21.2. The minimum atomic E-state index is -4.60. The number of halogens is 6. The molecule has 0 aliphatic heterocycles. The molecule has 1 aromatic heterocycles. The van der Waals surface area contributed by atoms with Crippen LogP contribution in [-0.4, -0.2) is 33.3 Å². The topological polar surface area (TPSA) is 73.3 Å². The van der Waals surface area contributed by atoms with E-state index in [9.17, 15) is 31.1 Å². The molecular formula is C16H14F6N4OS. The van der Waals surface area contributed by atoms with Gasteiger partial charge in [0.05, 0.1) is 23.3 Å². The van der Waals surface area contributed by atoms with Crippen molar-refractivity contribution in [2.45, 2.75) is 25.9 Å². The highest BCUT2D eigenvalue weighted by Crippen LogP contribution is 2.39. The van der Waals surface area contributed by atoms with Gasteiger partial charge < -0.3 is 5.73 Å². The molecule has 0 aliphatic carbocycles. The van der Waals surface area contributed by atoms with Crippen LogP contribution < -0.4 is 5.73 Å². The van der Waals surface area contributed by atoms with Gasteiger partial charge in [0.1, 0.15) is 0 Å². The maximum Gasteiger partial charge on any atom is 0.398 e. The first-order valence-corrected chi connectivity index (χ1v) is 8.70. The van der Waals surface area contributed by atoms with Crippen molar-refractivity contribution in [3.63, 3.8) is 0 Å². The van der Waals surface area contributed by atoms with Crippen molar-refractivity contribution in [1.82, 2.24) is 9.78 Å². The Morgan fingerprint density at radius 2 is 1.86 bits per heavy atom. The number of rotatable bonds is 4. The van der Waals surface area contributed by atoms with Gasteiger partial charge >= 0.3 is 11.4 Å². The third-order valence-electron chi connectivity index (χ3n) is 3.44. The fourth-order valence-corrected chi connectivity index (χ4v) is 2.87. The first-order chi connectivity index (χ1) is 13.0. The third kappa shape index (κ3) is 4.66. The number of nitrogens with two attached hydrogens (primary N) is 1. The van der Waals surface area contributed by atoms with Crippen molar-refractivity contribution in [3.8, 4) is 11.1 Å². The summed E-state index contributed by atoms with van der Waals surface area (Å²) in [4.78, 5) is 16.0. The van der Waals surface area contributed by atoms with Crippen LogP contribution in [0.4, 0.5) is 37.0 Å². The van der Waals surface area contributed by atoms with Crippen molar-refractivity contribution in [2.24, 2.45) is 10.7 Å². The summed E-state index contributed by atoms with van der Waals surface area (Å²) in [6.45, 7) is 3.27. The van der Waals surface area contributed by atoms with E-state index in [2.05, 4.69) is 10.1 Å². The summed E-state index contributed by atoms with van der Waals surface area (Å²) in [6, 6.07) is 1.35. The SMILES string of the molecule is CC(C)c1nn(C(=O)SCC(F)(F)F)c(/N=C\N)c1-c1cc(F)c(F)c(F)c1. The Labute approximate surface area is 159 Å². The monoisotopic (exact) mass is 424 g/mol. The van der Waals surface area contributed by atoms with E-state index in [4.69, 9.17) is 5.73 Å². The Hall–Kier alpha value is -2.50. The molecule has 0 bridgehead atoms. The summed E-state index contributed by atoms with van der Waals surface area (Å²) in [7, 11) is 0. The summed E-state index contributed by atoms with van der Waals surface area (Å²) < 4.78 is 78.5. The van der Waals surface area contributed by atoms with Crippen LogP contribution in [0.2, 0.25) is 0 Å². The Kier molecular flexibility index (Phi) is 6.42. The standard InChI is InChI=1S/C16H14F6N4OS/c1-7(2)13-11(8-3-9(17)12(19)10(18)4-8)14(24-6-23)26(25-13)15(27)28-5-16(20,21)22/h3-4,6-7H,5H2,1-2H3,(H2,23,24). The first kappa shape index (κ1) is 21.8. The van der Waals surface area contributed by atoms with Crippen molar-refractivity contribution in [2.75, 3.05) is 5.75 Å². The number of hydrogen-bond acceptors (Lipinski definition) is 4. The van der Waals surface area contributed by atoms with Crippen LogP contribution in [0.3, 0.4) is 0 Å². The fourth-order valence-electron chi connectivity index (χ4n) is 2.33. The van der Waals surface area contributed by atoms with Crippen LogP contribution >= 0.6 is 11.8 Å². The van der Waals surface area contributed by atoms with Crippen LogP contribution in [0.15, 0.2) is 17.1 Å². The van der Waals surface area contributed by atoms with Crippen LogP contribution in [0.1, 0.15) is 25.5 Å². The van der Waals surface area contributed by atoms with Crippen molar-refractivity contribution in [1.29, 1.82) is 0 Å². The highest BCUT2D eigenvalue weighted by Gasteiger charge is 2.31. The first-order valence-electron chi connectivity index (χ1n) is 7.72. The zero-order valence-electron chi connectivity index (χ0n) is 14.5. The van der Waals surface area contributed by atoms with Crippen LogP contribution in [-0.2, 0) is 0 Å². The van der Waals surface area contributed by atoms with E-state index in [0.717, 1.165) is 6.34 Å². The molecule has 0 aliphatic rings. The Morgan fingerprint density at radius 1 is 1.29 bits per heavy atom. The molecule has 2 rings (SSSR count). The van der Waals surface area contributed by atoms with Crippen molar-refractivity contribution < 1.29 is 31.1 Å². The van der Waals surface area contributed by atoms with Gasteiger partial charge in [0.25, 0.3) is 0 Å². The second-order valence-corrected chi connectivity index (χ2v) is 6.78. The molecule has 1 aromatic carbocycles. The number of hydrogen-bond donors (Lipinski definition) is 1. The Bertz CT molecular complexity index is 900. The van der Waals surface area contributed by atoms with E-state index in [1.54, 1.807) is 13.8 Å².